The maximum atomic E-state index is 12.0. The van der Waals surface area contributed by atoms with E-state index in [0.29, 0.717) is 0 Å². The molecule has 0 aliphatic heterocycles. The third kappa shape index (κ3) is 2.87. The van der Waals surface area contributed by atoms with Gasteiger partial charge in [-0.25, -0.2) is 4.98 Å². The highest BCUT2D eigenvalue weighted by Gasteiger charge is 2.16. The van der Waals surface area contributed by atoms with Crippen LogP contribution in [0.3, 0.4) is 0 Å². The minimum absolute atomic E-state index is 0.0792. The highest BCUT2D eigenvalue weighted by atomic mass is 32.2. The van der Waals surface area contributed by atoms with Crippen LogP contribution in [0.4, 0.5) is 0 Å². The van der Waals surface area contributed by atoms with Crippen molar-refractivity contribution >= 4 is 10.1 Å². The Morgan fingerprint density at radius 3 is 2.28 bits per heavy atom. The molecule has 0 N–H and O–H groups in total. The van der Waals surface area contributed by atoms with Gasteiger partial charge in [-0.1, -0.05) is 17.7 Å². The van der Waals surface area contributed by atoms with E-state index in [0.717, 1.165) is 11.1 Å². The Morgan fingerprint density at radius 1 is 1.00 bits per heavy atom. The van der Waals surface area contributed by atoms with Gasteiger partial charge in [-0.15, -0.1) is 0 Å². The molecule has 94 valence electrons. The van der Waals surface area contributed by atoms with Crippen molar-refractivity contribution in [3.8, 4) is 5.88 Å². The summed E-state index contributed by atoms with van der Waals surface area (Å²) in [5.74, 6) is 0.0792. The smallest absolute Gasteiger partial charge is 0.340 e. The Hall–Kier alpha value is -1.88. The molecular weight excluding hydrogens is 250 g/mol. The first-order valence-electron chi connectivity index (χ1n) is 5.41. The predicted octanol–water partition coefficient (Wildman–Crippen LogP) is 2.47. The van der Waals surface area contributed by atoms with Gasteiger partial charge in [0.25, 0.3) is 0 Å². The monoisotopic (exact) mass is 263 g/mol. The summed E-state index contributed by atoms with van der Waals surface area (Å²) in [6.45, 7) is 3.73. The number of nitrogens with zero attached hydrogens (tertiary/aromatic N) is 1. The van der Waals surface area contributed by atoms with Crippen molar-refractivity contribution < 1.29 is 12.6 Å². The summed E-state index contributed by atoms with van der Waals surface area (Å²) in [5, 5.41) is 0. The van der Waals surface area contributed by atoms with E-state index in [1.807, 2.05) is 13.8 Å². The third-order valence-corrected chi connectivity index (χ3v) is 3.63. The van der Waals surface area contributed by atoms with Gasteiger partial charge in [0.2, 0.25) is 5.88 Å². The summed E-state index contributed by atoms with van der Waals surface area (Å²) < 4.78 is 28.9. The summed E-state index contributed by atoms with van der Waals surface area (Å²) in [6, 6.07) is 9.82. The number of rotatable bonds is 3. The normalized spacial score (nSPS) is 11.2. The molecule has 1 aromatic carbocycles. The lowest BCUT2D eigenvalue weighted by atomic mass is 10.2. The lowest BCUT2D eigenvalue weighted by molar-refractivity contribution is 0.476. The fourth-order valence-electron chi connectivity index (χ4n) is 1.42. The van der Waals surface area contributed by atoms with Gasteiger partial charge in [0.05, 0.1) is 0 Å². The Morgan fingerprint density at radius 2 is 1.67 bits per heavy atom. The molecule has 2 aromatic rings. The van der Waals surface area contributed by atoms with E-state index in [9.17, 15) is 8.42 Å². The van der Waals surface area contributed by atoms with E-state index in [-0.39, 0.29) is 10.8 Å². The van der Waals surface area contributed by atoms with Crippen molar-refractivity contribution in [3.63, 3.8) is 0 Å². The second kappa shape index (κ2) is 4.78. The van der Waals surface area contributed by atoms with Crippen molar-refractivity contribution in [1.29, 1.82) is 0 Å². The Kier molecular flexibility index (Phi) is 3.34. The van der Waals surface area contributed by atoms with Crippen LogP contribution < -0.4 is 4.18 Å². The van der Waals surface area contributed by atoms with Crippen LogP contribution >= 0.6 is 0 Å². The number of benzene rings is 1. The van der Waals surface area contributed by atoms with Crippen molar-refractivity contribution in [2.24, 2.45) is 0 Å². The zero-order valence-corrected chi connectivity index (χ0v) is 10.9. The fourth-order valence-corrected chi connectivity index (χ4v) is 2.30. The summed E-state index contributed by atoms with van der Waals surface area (Å²) in [4.78, 5) is 3.99. The van der Waals surface area contributed by atoms with Crippen LogP contribution in [0.2, 0.25) is 0 Å². The summed E-state index contributed by atoms with van der Waals surface area (Å²) >= 11 is 0. The SMILES string of the molecule is Cc1ccc(S(=O)(=O)Oc2cc(C)ccn2)cc1. The Bertz CT molecular complexity index is 648. The lowest BCUT2D eigenvalue weighted by Gasteiger charge is -2.06. The average Bonchev–Trinajstić information content (AvgIpc) is 2.29. The number of aromatic nitrogens is 1. The van der Waals surface area contributed by atoms with Crippen LogP contribution in [0.25, 0.3) is 0 Å². The zero-order chi connectivity index (χ0) is 13.2. The average molecular weight is 263 g/mol. The molecule has 0 saturated carbocycles. The molecule has 0 amide bonds. The first kappa shape index (κ1) is 12.6. The van der Waals surface area contributed by atoms with Crippen LogP contribution in [0.1, 0.15) is 11.1 Å². The van der Waals surface area contributed by atoms with Crippen LogP contribution in [-0.4, -0.2) is 13.4 Å². The quantitative estimate of drug-likeness (QED) is 0.798. The number of hydrogen-bond donors (Lipinski definition) is 0. The van der Waals surface area contributed by atoms with E-state index >= 15 is 0 Å². The Labute approximate surface area is 106 Å². The molecule has 0 unspecified atom stereocenters. The van der Waals surface area contributed by atoms with E-state index in [1.165, 1.54) is 18.3 Å². The molecule has 2 rings (SSSR count). The van der Waals surface area contributed by atoms with E-state index in [2.05, 4.69) is 4.98 Å². The maximum Gasteiger partial charge on any atom is 0.340 e. The molecule has 0 atom stereocenters. The van der Waals surface area contributed by atoms with Gasteiger partial charge in [-0.2, -0.15) is 8.42 Å². The molecule has 0 fully saturated rings. The van der Waals surface area contributed by atoms with E-state index in [4.69, 9.17) is 4.18 Å². The first-order valence-corrected chi connectivity index (χ1v) is 6.82. The topological polar surface area (TPSA) is 56.3 Å². The molecule has 5 heteroatoms. The predicted molar refractivity (Wildman–Crippen MR) is 68.0 cm³/mol. The second-order valence-electron chi connectivity index (χ2n) is 4.02. The molecule has 0 aliphatic rings. The summed E-state index contributed by atoms with van der Waals surface area (Å²) in [5.41, 5.74) is 1.88. The molecule has 1 aromatic heterocycles. The van der Waals surface area contributed by atoms with Crippen LogP contribution in [0.5, 0.6) is 5.88 Å². The minimum atomic E-state index is -3.81. The third-order valence-electron chi connectivity index (χ3n) is 2.40. The van der Waals surface area contributed by atoms with Gasteiger partial charge in [0.1, 0.15) is 4.90 Å². The van der Waals surface area contributed by atoms with Gasteiger partial charge in [0.15, 0.2) is 0 Å². The zero-order valence-electron chi connectivity index (χ0n) is 10.1. The van der Waals surface area contributed by atoms with Crippen LogP contribution in [0, 0.1) is 13.8 Å². The minimum Gasteiger partial charge on any atom is -0.358 e. The van der Waals surface area contributed by atoms with Gasteiger partial charge >= 0.3 is 10.1 Å². The van der Waals surface area contributed by atoms with Crippen molar-refractivity contribution in [1.82, 2.24) is 4.98 Å². The van der Waals surface area contributed by atoms with Crippen molar-refractivity contribution in [2.75, 3.05) is 0 Å². The number of hydrogen-bond acceptors (Lipinski definition) is 4. The Balaban J connectivity index is 2.30. The van der Waals surface area contributed by atoms with Gasteiger partial charge < -0.3 is 4.18 Å². The number of aryl methyl sites for hydroxylation is 2. The largest absolute Gasteiger partial charge is 0.358 e. The molecule has 0 bridgehead atoms. The van der Waals surface area contributed by atoms with Gasteiger partial charge in [-0.3, -0.25) is 0 Å². The van der Waals surface area contributed by atoms with E-state index < -0.39 is 10.1 Å². The second-order valence-corrected chi connectivity index (χ2v) is 5.57. The first-order chi connectivity index (χ1) is 8.47. The highest BCUT2D eigenvalue weighted by Crippen LogP contribution is 2.17. The molecule has 0 saturated heterocycles. The molecule has 0 radical (unpaired) electrons. The molecule has 0 aliphatic carbocycles. The van der Waals surface area contributed by atoms with Crippen molar-refractivity contribution in [2.45, 2.75) is 18.7 Å². The van der Waals surface area contributed by atoms with Crippen LogP contribution in [0.15, 0.2) is 47.5 Å². The van der Waals surface area contributed by atoms with Gasteiger partial charge in [0, 0.05) is 12.3 Å². The molecule has 4 nitrogen and oxygen atoms in total. The molecular formula is C13H13NO3S. The van der Waals surface area contributed by atoms with E-state index in [1.54, 1.807) is 24.3 Å². The lowest BCUT2D eigenvalue weighted by Crippen LogP contribution is -2.10. The maximum absolute atomic E-state index is 12.0. The summed E-state index contributed by atoms with van der Waals surface area (Å²) in [6.07, 6.45) is 1.51. The van der Waals surface area contributed by atoms with Crippen LogP contribution in [-0.2, 0) is 10.1 Å². The number of pyridine rings is 1. The molecule has 1 heterocycles. The standard InChI is InChI=1S/C13H13NO3S/c1-10-3-5-12(6-4-10)18(15,16)17-13-9-11(2)7-8-14-13/h3-9H,1-2H3. The molecule has 18 heavy (non-hydrogen) atoms. The highest BCUT2D eigenvalue weighted by molar-refractivity contribution is 7.87. The fraction of sp³-hybridized carbons (Fsp3) is 0.154. The van der Waals surface area contributed by atoms with Gasteiger partial charge in [-0.05, 0) is 37.6 Å². The summed E-state index contributed by atoms with van der Waals surface area (Å²) in [7, 11) is -3.81. The molecule has 0 spiro atoms. The van der Waals surface area contributed by atoms with Crippen molar-refractivity contribution in [3.05, 3.63) is 53.7 Å².